The van der Waals surface area contributed by atoms with E-state index in [0.29, 0.717) is 43.8 Å². The van der Waals surface area contributed by atoms with Gasteiger partial charge in [0.25, 0.3) is 0 Å². The summed E-state index contributed by atoms with van der Waals surface area (Å²) in [5.41, 5.74) is -0.451. The average molecular weight is 900 g/mol. The van der Waals surface area contributed by atoms with Gasteiger partial charge in [0.05, 0.1) is 56.9 Å². The Morgan fingerprint density at radius 2 is 1.65 bits per heavy atom. The second-order valence-corrected chi connectivity index (χ2v) is 22.5. The Morgan fingerprint density at radius 1 is 0.967 bits per heavy atom. The number of rotatable bonds is 16. The topological polar surface area (TPSA) is 144 Å². The van der Waals surface area contributed by atoms with Crippen LogP contribution in [-0.4, -0.2) is 130 Å². The predicted molar refractivity (Wildman–Crippen MR) is 242 cm³/mol. The molecule has 3 heterocycles. The van der Waals surface area contributed by atoms with Crippen molar-refractivity contribution in [3.63, 3.8) is 0 Å². The van der Waals surface area contributed by atoms with Crippen molar-refractivity contribution in [1.29, 1.82) is 1.34 Å². The van der Waals surface area contributed by atoms with Gasteiger partial charge in [0.2, 0.25) is 7.09 Å². The van der Waals surface area contributed by atoms with Gasteiger partial charge in [-0.3, -0.25) is 0 Å². The molecule has 3 saturated carbocycles. The van der Waals surface area contributed by atoms with E-state index in [1.54, 1.807) is 0 Å². The smallest absolute Gasteiger partial charge is 0.312 e. The molecule has 19 atom stereocenters. The van der Waals surface area contributed by atoms with E-state index in [0.717, 1.165) is 56.8 Å². The summed E-state index contributed by atoms with van der Waals surface area (Å²) >= 11 is 1.12. The maximum Gasteiger partial charge on any atom is 0.312 e. The number of fused-ring (bicyclic) bond motifs is 5. The van der Waals surface area contributed by atoms with Gasteiger partial charge in [-0.25, -0.2) is 0 Å². The molecule has 3 aliphatic heterocycles. The summed E-state index contributed by atoms with van der Waals surface area (Å²) in [4.78, 5) is 0. The minimum Gasteiger partial charge on any atom is -0.424 e. The number of ether oxygens (including phenoxy) is 6. The van der Waals surface area contributed by atoms with Crippen LogP contribution in [0.5, 0.6) is 0 Å². The first-order valence-corrected chi connectivity index (χ1v) is 25.0. The molecule has 6 fully saturated rings. The minimum absolute atomic E-state index is 0.0331. The van der Waals surface area contributed by atoms with Gasteiger partial charge in [-0.1, -0.05) is 78.7 Å². The fourth-order valence-corrected chi connectivity index (χ4v) is 13.6. The Hall–Kier alpha value is 0.665. The second kappa shape index (κ2) is 19.5. The molecule has 4 aliphatic carbocycles. The van der Waals surface area contributed by atoms with Crippen LogP contribution >= 0.6 is 30.1 Å². The van der Waals surface area contributed by atoms with Crippen molar-refractivity contribution in [3.05, 3.63) is 11.6 Å². The van der Waals surface area contributed by atoms with Crippen LogP contribution in [0.25, 0.3) is 0 Å². The Kier molecular flexibility index (Phi) is 15.3. The van der Waals surface area contributed by atoms with Crippen LogP contribution in [0.3, 0.4) is 0 Å². The van der Waals surface area contributed by atoms with Crippen molar-refractivity contribution in [2.24, 2.45) is 46.3 Å². The van der Waals surface area contributed by atoms with Crippen molar-refractivity contribution in [1.82, 2.24) is 0 Å². The Bertz CT molecular complexity index is 1510. The average Bonchev–Trinajstić information content (AvgIpc) is 3.78. The van der Waals surface area contributed by atoms with Crippen molar-refractivity contribution >= 4 is 50.5 Å². The maximum atomic E-state index is 13.9. The molecular formula is C42H74B3O12P2S. The summed E-state index contributed by atoms with van der Waals surface area (Å²) in [6.07, 6.45) is 2.91. The van der Waals surface area contributed by atoms with E-state index >= 15 is 0 Å². The molecule has 0 bridgehead atoms. The lowest BCUT2D eigenvalue weighted by Crippen LogP contribution is -2.65. The standard InChI is InChI=1S/C42H74B3O12P2S/c1-23(2)11-16-41(51-17-18-52-41)25(4)42(48)32(20-30-28-10-9-26-19-27(57-60-43)12-14-39(26,5)29(28)13-15-40(30,42)6)53-37-33(46)35(24(3)21-49-37)54-38-34(47)36(56-45(8)59)31(22-50-38)55-44(7)58/h9,23-25,27-38,43,46-48H,10-22,58-59H2,1-8H3/t24?,25-,27+,28-,29+,30+,31?,32+,33?,34?,35?,36?,37?,38?,39+,40+,42-/m1/s1/i43T. The van der Waals surface area contributed by atoms with Crippen molar-refractivity contribution < 1.29 is 57.2 Å². The fourth-order valence-electron chi connectivity index (χ4n) is 12.9. The third kappa shape index (κ3) is 9.07. The molecule has 0 aromatic carbocycles. The number of hydrogen-bond donors (Lipinski definition) is 3. The number of hydrogen-bond acceptors (Lipinski definition) is 13. The maximum absolute atomic E-state index is 13.9. The zero-order valence-electron chi connectivity index (χ0n) is 38.2. The number of allylic oxidation sites excluding steroid dienone is 1. The van der Waals surface area contributed by atoms with Crippen LogP contribution < -0.4 is 0 Å². The Balaban J connectivity index is 1.16. The lowest BCUT2D eigenvalue weighted by Gasteiger charge is -2.60. The van der Waals surface area contributed by atoms with Gasteiger partial charge in [-0.15, -0.1) is 18.2 Å². The molecule has 3 saturated heterocycles. The van der Waals surface area contributed by atoms with Crippen LogP contribution in [-0.2, 0) is 41.9 Å². The highest BCUT2D eigenvalue weighted by atomic mass is 32.2. The normalized spacial score (nSPS) is 45.9. The van der Waals surface area contributed by atoms with Gasteiger partial charge >= 0.3 is 13.3 Å². The molecule has 12 nitrogen and oxygen atoms in total. The highest BCUT2D eigenvalue weighted by Crippen LogP contribution is 2.70. The first kappa shape index (κ1) is 47.2. The molecule has 18 heteroatoms. The summed E-state index contributed by atoms with van der Waals surface area (Å²) in [5.74, 6) is -0.405. The van der Waals surface area contributed by atoms with Crippen molar-refractivity contribution in [2.75, 3.05) is 26.4 Å². The van der Waals surface area contributed by atoms with E-state index in [4.69, 9.17) is 43.2 Å². The van der Waals surface area contributed by atoms with Crippen LogP contribution in [0.1, 0.15) is 99.3 Å². The Labute approximate surface area is 371 Å². The van der Waals surface area contributed by atoms with E-state index in [1.165, 1.54) is 12.7 Å². The summed E-state index contributed by atoms with van der Waals surface area (Å²) in [6, 6.07) is 0. The second-order valence-electron chi connectivity index (χ2n) is 20.3. The number of aliphatic hydroxyl groups is 3. The number of aliphatic hydroxyl groups excluding tert-OH is 2. The van der Waals surface area contributed by atoms with Crippen LogP contribution in [0.15, 0.2) is 11.6 Å². The zero-order chi connectivity index (χ0) is 44.1. The highest BCUT2D eigenvalue weighted by molar-refractivity contribution is 8.15. The van der Waals surface area contributed by atoms with Gasteiger partial charge < -0.3 is 57.2 Å². The fraction of sp³-hybridized carbons (Fsp3) is 0.952. The van der Waals surface area contributed by atoms with E-state index in [9.17, 15) is 15.3 Å². The molecule has 7 rings (SSSR count). The van der Waals surface area contributed by atoms with Crippen molar-refractivity contribution in [3.8, 4) is 0 Å². The van der Waals surface area contributed by atoms with Gasteiger partial charge in [-0.05, 0) is 81.8 Å². The lowest BCUT2D eigenvalue weighted by atomic mass is 9.46. The quantitative estimate of drug-likeness (QED) is 0.0772. The molecule has 10 unspecified atom stereocenters. The molecule has 0 amide bonds. The highest BCUT2D eigenvalue weighted by Gasteiger charge is 2.72. The van der Waals surface area contributed by atoms with Crippen LogP contribution in [0, 0.1) is 46.3 Å². The third-order valence-corrected chi connectivity index (χ3v) is 16.8. The van der Waals surface area contributed by atoms with Crippen LogP contribution in [0.4, 0.5) is 0 Å². The summed E-state index contributed by atoms with van der Waals surface area (Å²) in [6.45, 7) is 17.8. The molecule has 0 spiro atoms. The summed E-state index contributed by atoms with van der Waals surface area (Å²) < 4.78 is 64.8. The van der Waals surface area contributed by atoms with Gasteiger partial charge in [0, 0.05) is 23.7 Å². The third-order valence-electron chi connectivity index (χ3n) is 16.1. The SMILES string of the molecule is [3H][B]SO[C@H]1CC[C@@]2(C)C(=CC[C@@H]3[C@@H]2CC[C@@]2(C)[C@H]3C[C@H](OC3OCC(C)C(OC4OCC(OB(C)P)C(OB(C)P)C4O)C3O)[C@]2(O)[C@H](C)C2(CCC(C)C)OCCO2)C1. The van der Waals surface area contributed by atoms with E-state index in [-0.39, 0.29) is 49.8 Å². The van der Waals surface area contributed by atoms with E-state index in [1.807, 2.05) is 20.6 Å². The first-order valence-electron chi connectivity index (χ1n) is 23.4. The molecule has 3 N–H and O–H groups in total. The van der Waals surface area contributed by atoms with Gasteiger partial charge in [-0.2, -0.15) is 0 Å². The van der Waals surface area contributed by atoms with Crippen LogP contribution in [0.2, 0.25) is 13.6 Å². The van der Waals surface area contributed by atoms with Gasteiger partial charge in [0.15, 0.2) is 18.4 Å². The molecule has 60 heavy (non-hydrogen) atoms. The largest absolute Gasteiger partial charge is 0.424 e. The minimum atomic E-state index is -1.40. The predicted octanol–water partition coefficient (Wildman–Crippen LogP) is 5.55. The van der Waals surface area contributed by atoms with Crippen molar-refractivity contribution in [2.45, 2.75) is 180 Å². The lowest BCUT2D eigenvalue weighted by molar-refractivity contribution is -0.343. The molecule has 339 valence electrons. The zero-order valence-corrected chi connectivity index (χ0v) is 40.4. The molecule has 0 aromatic rings. The monoisotopic (exact) mass is 899 g/mol. The van der Waals surface area contributed by atoms with E-state index < -0.39 is 71.9 Å². The molecular weight excluding hydrogens is 823 g/mol. The molecule has 1 radical (unpaired) electrons. The summed E-state index contributed by atoms with van der Waals surface area (Å²) in [7, 11) is 6.45. The molecule has 0 aromatic heterocycles. The van der Waals surface area contributed by atoms with E-state index in [2.05, 4.69) is 58.9 Å². The summed E-state index contributed by atoms with van der Waals surface area (Å²) in [5, 5.41) is 37.7. The van der Waals surface area contributed by atoms with Gasteiger partial charge in [0.1, 0.15) is 17.8 Å². The molecule has 7 aliphatic rings. The first-order chi connectivity index (χ1) is 28.9. The Morgan fingerprint density at radius 3 is 2.33 bits per heavy atom.